The molecule has 0 radical (unpaired) electrons. The Balaban J connectivity index is 1.39. The molecule has 4 nitrogen and oxygen atoms in total. The summed E-state index contributed by atoms with van der Waals surface area (Å²) < 4.78 is 17.6. The molecule has 0 aromatic carbocycles. The summed E-state index contributed by atoms with van der Waals surface area (Å²) in [7, 11) is 0. The van der Waals surface area contributed by atoms with Crippen molar-refractivity contribution in [2.75, 3.05) is 6.61 Å². The maximum absolute atomic E-state index is 11.5. The summed E-state index contributed by atoms with van der Waals surface area (Å²) in [5.74, 6) is 1.13. The van der Waals surface area contributed by atoms with Gasteiger partial charge in [-0.15, -0.1) is 0 Å². The van der Waals surface area contributed by atoms with Crippen molar-refractivity contribution < 1.29 is 19.0 Å². The standard InChI is InChI=1S/C19H30O4/c1-3-5-6-7-8-9-10-21-19-15-12-13-11-14(15)18(23-19)17(13)22-16(20)4-2/h4,13-15,17-19H,2-3,5-12H2,1H3. The molecule has 0 aromatic rings. The van der Waals surface area contributed by atoms with Gasteiger partial charge in [0.1, 0.15) is 12.2 Å². The minimum Gasteiger partial charge on any atom is -0.456 e. The van der Waals surface area contributed by atoms with E-state index in [-0.39, 0.29) is 24.5 Å². The molecular weight excluding hydrogens is 292 g/mol. The maximum atomic E-state index is 11.5. The second-order valence-corrected chi connectivity index (χ2v) is 7.27. The summed E-state index contributed by atoms with van der Waals surface area (Å²) in [5, 5.41) is 0. The SMILES string of the molecule is C=CC(=O)OC1C2CC3C(OCCCCCCCC)OC1C3C2. The average molecular weight is 322 g/mol. The zero-order valence-electron chi connectivity index (χ0n) is 14.2. The number of carbonyl (C=O) groups is 1. The normalized spacial score (nSPS) is 37.3. The van der Waals surface area contributed by atoms with E-state index in [2.05, 4.69) is 13.5 Å². The molecule has 6 unspecified atom stereocenters. The highest BCUT2D eigenvalue weighted by Gasteiger charge is 2.62. The molecule has 130 valence electrons. The zero-order chi connectivity index (χ0) is 16.2. The summed E-state index contributed by atoms with van der Waals surface area (Å²) in [4.78, 5) is 11.5. The number of unbranched alkanes of at least 4 members (excludes halogenated alkanes) is 5. The topological polar surface area (TPSA) is 44.8 Å². The highest BCUT2D eigenvalue weighted by molar-refractivity contribution is 5.81. The van der Waals surface area contributed by atoms with Crippen LogP contribution in [0.2, 0.25) is 0 Å². The summed E-state index contributed by atoms with van der Waals surface area (Å²) in [5.41, 5.74) is 0. The second-order valence-electron chi connectivity index (χ2n) is 7.27. The first kappa shape index (κ1) is 17.0. The van der Waals surface area contributed by atoms with Gasteiger partial charge in [-0.05, 0) is 31.1 Å². The summed E-state index contributed by atoms with van der Waals surface area (Å²) in [6.07, 6.45) is 10.9. The molecule has 3 aliphatic rings. The highest BCUT2D eigenvalue weighted by Crippen LogP contribution is 2.57. The van der Waals surface area contributed by atoms with Gasteiger partial charge < -0.3 is 14.2 Å². The molecule has 2 saturated carbocycles. The van der Waals surface area contributed by atoms with Gasteiger partial charge in [-0.25, -0.2) is 4.79 Å². The van der Waals surface area contributed by atoms with Crippen LogP contribution in [0.5, 0.6) is 0 Å². The number of ether oxygens (including phenoxy) is 3. The maximum Gasteiger partial charge on any atom is 0.330 e. The smallest absolute Gasteiger partial charge is 0.330 e. The second kappa shape index (κ2) is 7.80. The van der Waals surface area contributed by atoms with E-state index in [4.69, 9.17) is 14.2 Å². The zero-order valence-corrected chi connectivity index (χ0v) is 14.2. The van der Waals surface area contributed by atoms with E-state index in [1.807, 2.05) is 0 Å². The summed E-state index contributed by atoms with van der Waals surface area (Å²) in [6, 6.07) is 0. The van der Waals surface area contributed by atoms with Crippen molar-refractivity contribution in [1.82, 2.24) is 0 Å². The van der Waals surface area contributed by atoms with E-state index in [1.165, 1.54) is 38.2 Å². The lowest BCUT2D eigenvalue weighted by molar-refractivity contribution is -0.171. The fraction of sp³-hybridized carbons (Fsp3) is 0.842. The van der Waals surface area contributed by atoms with Crippen LogP contribution in [0.4, 0.5) is 0 Å². The highest BCUT2D eigenvalue weighted by atomic mass is 16.7. The molecule has 23 heavy (non-hydrogen) atoms. The van der Waals surface area contributed by atoms with Gasteiger partial charge in [0.05, 0.1) is 0 Å². The Hall–Kier alpha value is -0.870. The first-order valence-electron chi connectivity index (χ1n) is 9.34. The third-order valence-corrected chi connectivity index (χ3v) is 5.75. The summed E-state index contributed by atoms with van der Waals surface area (Å²) >= 11 is 0. The van der Waals surface area contributed by atoms with Crippen LogP contribution in [0.3, 0.4) is 0 Å². The van der Waals surface area contributed by atoms with Crippen LogP contribution in [0, 0.1) is 17.8 Å². The molecule has 0 amide bonds. The predicted molar refractivity (Wildman–Crippen MR) is 87.8 cm³/mol. The van der Waals surface area contributed by atoms with Crippen LogP contribution in [-0.4, -0.2) is 31.1 Å². The van der Waals surface area contributed by atoms with Gasteiger partial charge in [-0.3, -0.25) is 0 Å². The number of fused-ring (bicyclic) bond motifs is 1. The quantitative estimate of drug-likeness (QED) is 0.348. The molecule has 0 aromatic heterocycles. The first-order chi connectivity index (χ1) is 11.2. The van der Waals surface area contributed by atoms with Gasteiger partial charge in [0.2, 0.25) is 0 Å². The van der Waals surface area contributed by atoms with Crippen LogP contribution in [0.25, 0.3) is 0 Å². The van der Waals surface area contributed by atoms with E-state index in [9.17, 15) is 4.79 Å². The molecule has 3 rings (SSSR count). The fourth-order valence-corrected chi connectivity index (χ4v) is 4.64. The third-order valence-electron chi connectivity index (χ3n) is 5.75. The molecule has 6 atom stereocenters. The largest absolute Gasteiger partial charge is 0.456 e. The van der Waals surface area contributed by atoms with Gasteiger partial charge in [-0.1, -0.05) is 45.6 Å². The van der Waals surface area contributed by atoms with E-state index >= 15 is 0 Å². The molecule has 1 heterocycles. The fourth-order valence-electron chi connectivity index (χ4n) is 4.64. The van der Waals surface area contributed by atoms with Gasteiger partial charge in [0, 0.05) is 18.6 Å². The molecule has 1 saturated heterocycles. The molecule has 2 aliphatic carbocycles. The van der Waals surface area contributed by atoms with Gasteiger partial charge in [-0.2, -0.15) is 0 Å². The minimum absolute atomic E-state index is 0.0391. The Morgan fingerprint density at radius 1 is 1.17 bits per heavy atom. The Kier molecular flexibility index (Phi) is 5.76. The van der Waals surface area contributed by atoms with Gasteiger partial charge in [0.25, 0.3) is 0 Å². The number of esters is 1. The van der Waals surface area contributed by atoms with E-state index in [0.717, 1.165) is 25.9 Å². The van der Waals surface area contributed by atoms with Gasteiger partial charge in [0.15, 0.2) is 6.29 Å². The monoisotopic (exact) mass is 322 g/mol. The Labute approximate surface area is 139 Å². The Morgan fingerprint density at radius 3 is 2.70 bits per heavy atom. The van der Waals surface area contributed by atoms with Crippen LogP contribution in [-0.2, 0) is 19.0 Å². The first-order valence-corrected chi connectivity index (χ1v) is 9.34. The molecule has 0 N–H and O–H groups in total. The lowest BCUT2D eigenvalue weighted by Gasteiger charge is -2.25. The van der Waals surface area contributed by atoms with Crippen LogP contribution in [0.15, 0.2) is 12.7 Å². The van der Waals surface area contributed by atoms with E-state index in [1.54, 1.807) is 0 Å². The number of rotatable bonds is 10. The minimum atomic E-state index is -0.334. The predicted octanol–water partition coefficient (Wildman–Crippen LogP) is 3.84. The van der Waals surface area contributed by atoms with E-state index < -0.39 is 0 Å². The van der Waals surface area contributed by atoms with E-state index in [0.29, 0.717) is 17.8 Å². The van der Waals surface area contributed by atoms with Crippen molar-refractivity contribution in [2.24, 2.45) is 17.8 Å². The van der Waals surface area contributed by atoms with Crippen molar-refractivity contribution in [3.8, 4) is 0 Å². The van der Waals surface area contributed by atoms with Crippen LogP contribution in [0.1, 0.15) is 58.3 Å². The lowest BCUT2D eigenvalue weighted by atomic mass is 9.87. The molecule has 0 spiro atoms. The van der Waals surface area contributed by atoms with Crippen molar-refractivity contribution in [1.29, 1.82) is 0 Å². The number of hydrogen-bond acceptors (Lipinski definition) is 4. The van der Waals surface area contributed by atoms with Crippen molar-refractivity contribution >= 4 is 5.97 Å². The lowest BCUT2D eigenvalue weighted by Crippen LogP contribution is -2.35. The average Bonchev–Trinajstić information content (AvgIpc) is 3.17. The Bertz CT molecular complexity index is 422. The summed E-state index contributed by atoms with van der Waals surface area (Å²) in [6.45, 7) is 6.50. The van der Waals surface area contributed by atoms with Crippen molar-refractivity contribution in [3.05, 3.63) is 12.7 Å². The van der Waals surface area contributed by atoms with Crippen LogP contribution < -0.4 is 0 Å². The van der Waals surface area contributed by atoms with Crippen LogP contribution >= 0.6 is 0 Å². The molecule has 2 bridgehead atoms. The number of carbonyl (C=O) groups excluding carboxylic acids is 1. The molecule has 4 heteroatoms. The van der Waals surface area contributed by atoms with Gasteiger partial charge >= 0.3 is 5.97 Å². The number of hydrogen-bond donors (Lipinski definition) is 0. The third kappa shape index (κ3) is 3.63. The van der Waals surface area contributed by atoms with Crippen molar-refractivity contribution in [2.45, 2.75) is 76.8 Å². The Morgan fingerprint density at radius 2 is 1.91 bits per heavy atom. The molecule has 1 aliphatic heterocycles. The molecular formula is C19H30O4. The van der Waals surface area contributed by atoms with Crippen molar-refractivity contribution in [3.63, 3.8) is 0 Å². The molecule has 3 fully saturated rings.